The predicted octanol–water partition coefficient (Wildman–Crippen LogP) is 0.0129. The second-order valence-corrected chi connectivity index (χ2v) is 7.53. The molecule has 1 aromatic rings. The van der Waals surface area contributed by atoms with Gasteiger partial charge in [0.05, 0.1) is 0 Å². The molecule has 0 saturated carbocycles. The zero-order valence-corrected chi connectivity index (χ0v) is 14.4. The van der Waals surface area contributed by atoms with Gasteiger partial charge in [-0.15, -0.1) is 0 Å². The van der Waals surface area contributed by atoms with E-state index >= 15 is 0 Å². The zero-order valence-electron chi connectivity index (χ0n) is 13.5. The monoisotopic (exact) mass is 344 g/mol. The molecular weight excluding hydrogens is 320 g/mol. The Labute approximate surface area is 135 Å². The Bertz CT molecular complexity index is 745. The molecule has 0 aliphatic carbocycles. The fourth-order valence-electron chi connectivity index (χ4n) is 2.73. The van der Waals surface area contributed by atoms with Crippen molar-refractivity contribution in [3.05, 3.63) is 32.6 Å². The molecule has 1 aromatic heterocycles. The number of nitrogens with zero attached hydrogens (tertiary/aromatic N) is 2. The molecule has 2 rings (SSSR count). The Morgan fingerprint density at radius 3 is 2.48 bits per heavy atom. The third-order valence-electron chi connectivity index (χ3n) is 4.36. The van der Waals surface area contributed by atoms with Crippen LogP contribution in [0.15, 0.2) is 15.8 Å². The molecule has 2 N–H and O–H groups in total. The normalized spacial score (nSPS) is 17.5. The summed E-state index contributed by atoms with van der Waals surface area (Å²) in [5, 5.41) is 0. The first kappa shape index (κ1) is 17.9. The van der Waals surface area contributed by atoms with Crippen molar-refractivity contribution in [3.63, 3.8) is 0 Å². The van der Waals surface area contributed by atoms with E-state index in [0.717, 1.165) is 19.3 Å². The number of H-pyrrole nitrogens is 1. The summed E-state index contributed by atoms with van der Waals surface area (Å²) in [4.78, 5) is 25.4. The van der Waals surface area contributed by atoms with E-state index in [9.17, 15) is 18.0 Å². The number of hydrogen-bond acceptors (Lipinski definition) is 4. The SMILES string of the molecule is CCC1CCN(S(=O)(=O)NCc2cn(CC)c(=O)[nH]c2=O)CC1. The van der Waals surface area contributed by atoms with Crippen molar-refractivity contribution in [1.82, 2.24) is 18.6 Å². The molecule has 0 spiro atoms. The maximum atomic E-state index is 12.3. The minimum absolute atomic E-state index is 0.133. The fourth-order valence-corrected chi connectivity index (χ4v) is 3.95. The van der Waals surface area contributed by atoms with Gasteiger partial charge in [0.1, 0.15) is 0 Å². The van der Waals surface area contributed by atoms with Gasteiger partial charge in [-0.05, 0) is 25.7 Å². The lowest BCUT2D eigenvalue weighted by molar-refractivity contribution is 0.266. The van der Waals surface area contributed by atoms with Crippen LogP contribution in [0.1, 0.15) is 38.7 Å². The van der Waals surface area contributed by atoms with Crippen LogP contribution in [0.5, 0.6) is 0 Å². The van der Waals surface area contributed by atoms with Crippen LogP contribution in [-0.2, 0) is 23.3 Å². The average molecular weight is 344 g/mol. The molecule has 1 aliphatic heterocycles. The summed E-state index contributed by atoms with van der Waals surface area (Å²) in [6.45, 7) is 5.15. The van der Waals surface area contributed by atoms with Gasteiger partial charge in [0, 0.05) is 37.9 Å². The highest BCUT2D eigenvalue weighted by Gasteiger charge is 2.27. The largest absolute Gasteiger partial charge is 0.328 e. The quantitative estimate of drug-likeness (QED) is 0.758. The maximum absolute atomic E-state index is 12.3. The van der Waals surface area contributed by atoms with E-state index in [1.807, 2.05) is 0 Å². The summed E-state index contributed by atoms with van der Waals surface area (Å²) < 4.78 is 29.8. The van der Waals surface area contributed by atoms with Gasteiger partial charge < -0.3 is 4.57 Å². The van der Waals surface area contributed by atoms with Crippen LogP contribution in [0.3, 0.4) is 0 Å². The van der Waals surface area contributed by atoms with Crippen molar-refractivity contribution in [1.29, 1.82) is 0 Å². The van der Waals surface area contributed by atoms with Gasteiger partial charge in [-0.2, -0.15) is 17.4 Å². The lowest BCUT2D eigenvalue weighted by atomic mass is 9.96. The van der Waals surface area contributed by atoms with E-state index in [2.05, 4.69) is 16.6 Å². The van der Waals surface area contributed by atoms with Crippen molar-refractivity contribution in [2.75, 3.05) is 13.1 Å². The van der Waals surface area contributed by atoms with Crippen LogP contribution in [0, 0.1) is 5.92 Å². The van der Waals surface area contributed by atoms with Crippen molar-refractivity contribution in [2.24, 2.45) is 5.92 Å². The van der Waals surface area contributed by atoms with E-state index in [-0.39, 0.29) is 12.1 Å². The Morgan fingerprint density at radius 1 is 1.26 bits per heavy atom. The highest BCUT2D eigenvalue weighted by Crippen LogP contribution is 2.21. The summed E-state index contributed by atoms with van der Waals surface area (Å²) in [7, 11) is -3.62. The number of piperidine rings is 1. The van der Waals surface area contributed by atoms with Crippen LogP contribution < -0.4 is 16.0 Å². The first-order chi connectivity index (χ1) is 10.9. The molecule has 2 heterocycles. The van der Waals surface area contributed by atoms with E-state index in [0.29, 0.717) is 25.6 Å². The first-order valence-corrected chi connectivity index (χ1v) is 9.38. The Kier molecular flexibility index (Phi) is 5.77. The van der Waals surface area contributed by atoms with Crippen LogP contribution in [0.2, 0.25) is 0 Å². The van der Waals surface area contributed by atoms with Gasteiger partial charge in [-0.25, -0.2) is 4.79 Å². The van der Waals surface area contributed by atoms with E-state index < -0.39 is 21.5 Å². The van der Waals surface area contributed by atoms with Gasteiger partial charge in [-0.3, -0.25) is 9.78 Å². The summed E-state index contributed by atoms with van der Waals surface area (Å²) in [5.41, 5.74) is -0.837. The van der Waals surface area contributed by atoms with Crippen LogP contribution >= 0.6 is 0 Å². The average Bonchev–Trinajstić information content (AvgIpc) is 2.54. The van der Waals surface area contributed by atoms with Gasteiger partial charge >= 0.3 is 5.69 Å². The molecule has 0 atom stereocenters. The number of hydrogen-bond donors (Lipinski definition) is 2. The topological polar surface area (TPSA) is 104 Å². The summed E-state index contributed by atoms with van der Waals surface area (Å²) >= 11 is 0. The molecular formula is C14H24N4O4S. The standard InChI is InChI=1S/C14H24N4O4S/c1-3-11-5-7-18(8-6-11)23(21,22)15-9-12-10-17(4-2)14(20)16-13(12)19/h10-11,15H,3-9H2,1-2H3,(H,16,19,20). The molecule has 1 saturated heterocycles. The number of aromatic nitrogens is 2. The lowest BCUT2D eigenvalue weighted by Crippen LogP contribution is -2.45. The lowest BCUT2D eigenvalue weighted by Gasteiger charge is -2.30. The maximum Gasteiger partial charge on any atom is 0.328 e. The number of rotatable bonds is 6. The predicted molar refractivity (Wildman–Crippen MR) is 87.3 cm³/mol. The van der Waals surface area contributed by atoms with E-state index in [4.69, 9.17) is 0 Å². The second kappa shape index (κ2) is 7.41. The highest BCUT2D eigenvalue weighted by atomic mass is 32.2. The fraction of sp³-hybridized carbons (Fsp3) is 0.714. The van der Waals surface area contributed by atoms with Gasteiger partial charge in [0.25, 0.3) is 15.8 Å². The van der Waals surface area contributed by atoms with Crippen LogP contribution in [0.25, 0.3) is 0 Å². The molecule has 0 bridgehead atoms. The highest BCUT2D eigenvalue weighted by molar-refractivity contribution is 7.87. The molecule has 8 nitrogen and oxygen atoms in total. The van der Waals surface area contributed by atoms with Crippen molar-refractivity contribution in [2.45, 2.75) is 46.2 Å². The van der Waals surface area contributed by atoms with Gasteiger partial charge in [-0.1, -0.05) is 13.3 Å². The molecule has 0 unspecified atom stereocenters. The van der Waals surface area contributed by atoms with Crippen LogP contribution in [0.4, 0.5) is 0 Å². The van der Waals surface area contributed by atoms with Crippen molar-refractivity contribution in [3.8, 4) is 0 Å². The molecule has 23 heavy (non-hydrogen) atoms. The van der Waals surface area contributed by atoms with E-state index in [1.54, 1.807) is 6.92 Å². The molecule has 0 aromatic carbocycles. The molecule has 1 fully saturated rings. The molecule has 1 aliphatic rings. The third-order valence-corrected chi connectivity index (χ3v) is 5.92. The summed E-state index contributed by atoms with van der Waals surface area (Å²) in [5.74, 6) is 0.581. The Hall–Kier alpha value is -1.45. The summed E-state index contributed by atoms with van der Waals surface area (Å²) in [6, 6.07) is 0. The molecule has 130 valence electrons. The molecule has 9 heteroatoms. The van der Waals surface area contributed by atoms with Gasteiger partial charge in [0.15, 0.2) is 0 Å². The van der Waals surface area contributed by atoms with Gasteiger partial charge in [0.2, 0.25) is 0 Å². The third kappa shape index (κ3) is 4.30. The molecule has 0 amide bonds. The minimum Gasteiger partial charge on any atom is -0.301 e. The molecule has 0 radical (unpaired) electrons. The Morgan fingerprint density at radius 2 is 1.91 bits per heavy atom. The number of aromatic amines is 1. The first-order valence-electron chi connectivity index (χ1n) is 7.94. The Balaban J connectivity index is 2.05. The number of aryl methyl sites for hydroxylation is 1. The minimum atomic E-state index is -3.62. The van der Waals surface area contributed by atoms with E-state index in [1.165, 1.54) is 15.1 Å². The smallest absolute Gasteiger partial charge is 0.301 e. The number of nitrogens with one attached hydrogen (secondary N) is 2. The summed E-state index contributed by atoms with van der Waals surface area (Å²) in [6.07, 6.45) is 4.18. The second-order valence-electron chi connectivity index (χ2n) is 5.78. The van der Waals surface area contributed by atoms with Crippen molar-refractivity contribution < 1.29 is 8.42 Å². The van der Waals surface area contributed by atoms with Crippen LogP contribution in [-0.4, -0.2) is 35.4 Å². The van der Waals surface area contributed by atoms with Crippen molar-refractivity contribution >= 4 is 10.2 Å². The zero-order chi connectivity index (χ0) is 17.0.